The smallest absolute Gasteiger partial charge is 0.222 e. The van der Waals surface area contributed by atoms with Crippen molar-refractivity contribution in [2.45, 2.75) is 53.5 Å². The number of carbonyl (C=O) groups is 1. The van der Waals surface area contributed by atoms with Gasteiger partial charge in [-0.1, -0.05) is 45.7 Å². The van der Waals surface area contributed by atoms with Crippen LogP contribution in [0.25, 0.3) is 0 Å². The van der Waals surface area contributed by atoms with E-state index >= 15 is 0 Å². The van der Waals surface area contributed by atoms with Crippen molar-refractivity contribution in [2.24, 2.45) is 10.9 Å². The number of unbranched alkanes of at least 4 members (excludes halogenated alkanes) is 2. The molecule has 0 aliphatic heterocycles. The number of carbonyl (C=O) groups excluding carboxylic acids is 1. The molecule has 0 unspecified atom stereocenters. The molecule has 3 N–H and O–H groups in total. The van der Waals surface area contributed by atoms with Gasteiger partial charge in [0.05, 0.1) is 6.61 Å². The number of nitrogens with one attached hydrogen (secondary N) is 3. The summed E-state index contributed by atoms with van der Waals surface area (Å²) in [6.07, 6.45) is 3.44. The van der Waals surface area contributed by atoms with Crippen LogP contribution in [0.15, 0.2) is 23.2 Å². The minimum Gasteiger partial charge on any atom is -0.493 e. The minimum atomic E-state index is -0.000257. The first-order chi connectivity index (χ1) is 13.0. The van der Waals surface area contributed by atoms with Gasteiger partial charge >= 0.3 is 0 Å². The lowest BCUT2D eigenvalue weighted by atomic mass is 10.1. The van der Waals surface area contributed by atoms with Crippen LogP contribution in [0.2, 0.25) is 0 Å². The number of aryl methyl sites for hydroxylation is 1. The zero-order chi connectivity index (χ0) is 20.1. The molecule has 6 nitrogen and oxygen atoms in total. The van der Waals surface area contributed by atoms with Crippen molar-refractivity contribution in [3.05, 3.63) is 29.3 Å². The van der Waals surface area contributed by atoms with Crippen molar-refractivity contribution in [2.75, 3.05) is 26.7 Å². The van der Waals surface area contributed by atoms with Crippen LogP contribution in [-0.2, 0) is 11.3 Å². The number of rotatable bonds is 11. The summed E-state index contributed by atoms with van der Waals surface area (Å²) in [4.78, 5) is 15.8. The number of guanidine groups is 1. The fourth-order valence-corrected chi connectivity index (χ4v) is 2.45. The highest BCUT2D eigenvalue weighted by atomic mass is 16.5. The van der Waals surface area contributed by atoms with E-state index in [4.69, 9.17) is 4.74 Å². The Bertz CT molecular complexity index is 600. The summed E-state index contributed by atoms with van der Waals surface area (Å²) in [7, 11) is 1.74. The molecular weight excluding hydrogens is 340 g/mol. The van der Waals surface area contributed by atoms with E-state index in [0.717, 1.165) is 24.3 Å². The fourth-order valence-electron chi connectivity index (χ4n) is 2.45. The van der Waals surface area contributed by atoms with Crippen LogP contribution < -0.4 is 20.7 Å². The number of hydrogen-bond acceptors (Lipinski definition) is 3. The Hall–Kier alpha value is -2.24. The molecule has 1 aromatic carbocycles. The van der Waals surface area contributed by atoms with Crippen LogP contribution in [-0.4, -0.2) is 38.6 Å². The number of aliphatic imine (C=N–C) groups is 1. The van der Waals surface area contributed by atoms with E-state index in [9.17, 15) is 4.79 Å². The van der Waals surface area contributed by atoms with Crippen molar-refractivity contribution in [3.8, 4) is 5.75 Å². The molecule has 0 fully saturated rings. The second-order valence-corrected chi connectivity index (χ2v) is 6.97. The Morgan fingerprint density at radius 1 is 1.15 bits per heavy atom. The van der Waals surface area contributed by atoms with Gasteiger partial charge in [0.2, 0.25) is 5.91 Å². The van der Waals surface area contributed by atoms with Crippen LogP contribution in [0.1, 0.15) is 51.2 Å². The highest BCUT2D eigenvalue weighted by Gasteiger charge is 2.07. The van der Waals surface area contributed by atoms with Crippen LogP contribution in [0.4, 0.5) is 0 Å². The Balaban J connectivity index is 2.48. The van der Waals surface area contributed by atoms with Crippen molar-refractivity contribution in [1.29, 1.82) is 0 Å². The quantitative estimate of drug-likeness (QED) is 0.315. The molecule has 0 aromatic heterocycles. The fraction of sp³-hybridized carbons (Fsp3) is 0.619. The monoisotopic (exact) mass is 376 g/mol. The summed E-state index contributed by atoms with van der Waals surface area (Å²) in [5.74, 6) is 1.69. The summed E-state index contributed by atoms with van der Waals surface area (Å²) >= 11 is 0. The normalized spacial score (nSPS) is 11.4. The number of nitrogens with zero attached hydrogens (tertiary/aromatic N) is 1. The second-order valence-electron chi connectivity index (χ2n) is 6.97. The molecule has 0 saturated carbocycles. The summed E-state index contributed by atoms with van der Waals surface area (Å²) < 4.78 is 5.99. The van der Waals surface area contributed by atoms with Crippen molar-refractivity contribution >= 4 is 11.9 Å². The molecule has 0 radical (unpaired) electrons. The largest absolute Gasteiger partial charge is 0.493 e. The van der Waals surface area contributed by atoms with E-state index < -0.39 is 0 Å². The summed E-state index contributed by atoms with van der Waals surface area (Å²) in [6.45, 7) is 10.6. The van der Waals surface area contributed by atoms with E-state index in [2.05, 4.69) is 53.0 Å². The Labute approximate surface area is 164 Å². The van der Waals surface area contributed by atoms with Gasteiger partial charge in [0.15, 0.2) is 5.96 Å². The molecular formula is C21H36N4O2. The molecule has 152 valence electrons. The van der Waals surface area contributed by atoms with Gasteiger partial charge in [0.25, 0.3) is 0 Å². The van der Waals surface area contributed by atoms with Gasteiger partial charge in [-0.2, -0.15) is 0 Å². The van der Waals surface area contributed by atoms with E-state index in [0.29, 0.717) is 25.6 Å². The lowest BCUT2D eigenvalue weighted by Gasteiger charge is -2.16. The maximum absolute atomic E-state index is 11.6. The molecule has 27 heavy (non-hydrogen) atoms. The Morgan fingerprint density at radius 2 is 1.89 bits per heavy atom. The zero-order valence-electron chi connectivity index (χ0n) is 17.5. The van der Waals surface area contributed by atoms with E-state index in [1.165, 1.54) is 18.4 Å². The van der Waals surface area contributed by atoms with Gasteiger partial charge in [-0.25, -0.2) is 0 Å². The molecule has 0 bridgehead atoms. The lowest BCUT2D eigenvalue weighted by Crippen LogP contribution is -2.41. The lowest BCUT2D eigenvalue weighted by molar-refractivity contribution is -0.123. The second kappa shape index (κ2) is 13.0. The first kappa shape index (κ1) is 22.8. The average Bonchev–Trinajstić information content (AvgIpc) is 2.65. The van der Waals surface area contributed by atoms with E-state index in [1.807, 2.05) is 13.8 Å². The van der Waals surface area contributed by atoms with Gasteiger partial charge in [0.1, 0.15) is 5.75 Å². The van der Waals surface area contributed by atoms with E-state index in [-0.39, 0.29) is 11.8 Å². The molecule has 0 heterocycles. The first-order valence-electron chi connectivity index (χ1n) is 9.92. The van der Waals surface area contributed by atoms with E-state index in [1.54, 1.807) is 7.05 Å². The summed E-state index contributed by atoms with van der Waals surface area (Å²) in [6, 6.07) is 6.27. The predicted molar refractivity (Wildman–Crippen MR) is 112 cm³/mol. The third-order valence-corrected chi connectivity index (χ3v) is 4.14. The highest BCUT2D eigenvalue weighted by molar-refractivity contribution is 5.80. The average molecular weight is 377 g/mol. The minimum absolute atomic E-state index is 0.000257. The molecule has 6 heteroatoms. The maximum Gasteiger partial charge on any atom is 0.222 e. The molecule has 0 spiro atoms. The highest BCUT2D eigenvalue weighted by Crippen LogP contribution is 2.20. The first-order valence-corrected chi connectivity index (χ1v) is 9.92. The third kappa shape index (κ3) is 9.31. The van der Waals surface area contributed by atoms with Crippen LogP contribution in [0, 0.1) is 12.8 Å². The van der Waals surface area contributed by atoms with Crippen LogP contribution >= 0.6 is 0 Å². The molecule has 0 aliphatic carbocycles. The number of hydrogen-bond donors (Lipinski definition) is 3. The summed E-state index contributed by atoms with van der Waals surface area (Å²) in [5.41, 5.74) is 2.29. The predicted octanol–water partition coefficient (Wildman–Crippen LogP) is 3.00. The molecule has 0 aliphatic rings. The summed E-state index contributed by atoms with van der Waals surface area (Å²) in [5, 5.41) is 9.39. The number of benzene rings is 1. The van der Waals surface area contributed by atoms with Crippen molar-refractivity contribution in [1.82, 2.24) is 16.0 Å². The van der Waals surface area contributed by atoms with Crippen LogP contribution in [0.5, 0.6) is 5.75 Å². The van der Waals surface area contributed by atoms with Gasteiger partial charge in [-0.05, 0) is 25.0 Å². The standard InChI is InChI=1S/C21H36N4O2/c1-6-7-8-13-27-19-14-17(4)9-10-18(19)15-25-21(22-5)24-12-11-23-20(26)16(2)3/h9-10,14,16H,6-8,11-13,15H2,1-5H3,(H,23,26)(H2,22,24,25). The SMILES string of the molecule is CCCCCOc1cc(C)ccc1CNC(=NC)NCCNC(=O)C(C)C. The molecule has 0 atom stereocenters. The van der Waals surface area contributed by atoms with Gasteiger partial charge < -0.3 is 20.7 Å². The topological polar surface area (TPSA) is 74.8 Å². The molecule has 1 amide bonds. The third-order valence-electron chi connectivity index (χ3n) is 4.14. The molecule has 1 aromatic rings. The number of ether oxygens (including phenoxy) is 1. The van der Waals surface area contributed by atoms with Crippen molar-refractivity contribution < 1.29 is 9.53 Å². The molecule has 0 saturated heterocycles. The van der Waals surface area contributed by atoms with Crippen molar-refractivity contribution in [3.63, 3.8) is 0 Å². The van der Waals surface area contributed by atoms with Crippen LogP contribution in [0.3, 0.4) is 0 Å². The van der Waals surface area contributed by atoms with Gasteiger partial charge in [0, 0.05) is 38.2 Å². The Morgan fingerprint density at radius 3 is 2.56 bits per heavy atom. The van der Waals surface area contributed by atoms with Gasteiger partial charge in [-0.15, -0.1) is 0 Å². The molecule has 1 rings (SSSR count). The maximum atomic E-state index is 11.6. The Kier molecular flexibility index (Phi) is 11.0. The zero-order valence-corrected chi connectivity index (χ0v) is 17.5. The number of amides is 1. The van der Waals surface area contributed by atoms with Gasteiger partial charge in [-0.3, -0.25) is 9.79 Å².